The molecule has 1 nitrogen and oxygen atoms in total. The number of halogens is 1. The van der Waals surface area contributed by atoms with Crippen LogP contribution >= 0.6 is 27.3 Å². The third-order valence-corrected chi connectivity index (χ3v) is 6.02. The largest absolute Gasteiger partial charge is 0.340 e. The minimum atomic E-state index is 1.07. The van der Waals surface area contributed by atoms with E-state index in [1.165, 1.54) is 48.9 Å². The average molecular weight is 384 g/mol. The maximum atomic E-state index is 3.60. The molecule has 3 heteroatoms. The lowest BCUT2D eigenvalue weighted by atomic mass is 10.1. The van der Waals surface area contributed by atoms with E-state index in [-0.39, 0.29) is 0 Å². The van der Waals surface area contributed by atoms with Crippen LogP contribution in [0.2, 0.25) is 0 Å². The van der Waals surface area contributed by atoms with Gasteiger partial charge in [0.2, 0.25) is 0 Å². The molecular formula is C20H18BrNS. The maximum absolute atomic E-state index is 3.60. The number of unbranched alkanes of at least 4 members (excludes halogenated alkanes) is 1. The van der Waals surface area contributed by atoms with Gasteiger partial charge in [-0.3, -0.25) is 0 Å². The molecule has 116 valence electrons. The topological polar surface area (TPSA) is 4.93 Å². The summed E-state index contributed by atoms with van der Waals surface area (Å²) in [4.78, 5) is 1.32. The van der Waals surface area contributed by atoms with Gasteiger partial charge in [-0.25, -0.2) is 0 Å². The Morgan fingerprint density at radius 1 is 0.957 bits per heavy atom. The van der Waals surface area contributed by atoms with Gasteiger partial charge >= 0.3 is 0 Å². The quantitative estimate of drug-likeness (QED) is 0.354. The predicted octanol–water partition coefficient (Wildman–Crippen LogP) is 7.09. The van der Waals surface area contributed by atoms with Crippen molar-refractivity contribution >= 4 is 49.1 Å². The molecule has 0 N–H and O–H groups in total. The zero-order chi connectivity index (χ0) is 15.8. The first-order chi connectivity index (χ1) is 11.3. The summed E-state index contributed by atoms with van der Waals surface area (Å²) in [6.45, 7) is 3.33. The summed E-state index contributed by atoms with van der Waals surface area (Å²) in [5.41, 5.74) is 4.06. The summed E-state index contributed by atoms with van der Waals surface area (Å²) in [5.74, 6) is 0. The molecule has 0 aliphatic heterocycles. The molecule has 0 unspecified atom stereocenters. The second-order valence-corrected chi connectivity index (χ2v) is 8.29. The van der Waals surface area contributed by atoms with Gasteiger partial charge in [0, 0.05) is 33.3 Å². The average Bonchev–Trinajstić information content (AvgIpc) is 3.15. The number of hydrogen-bond donors (Lipinski definition) is 0. The molecule has 0 atom stereocenters. The third kappa shape index (κ3) is 2.52. The fraction of sp³-hybridized carbons (Fsp3) is 0.200. The first kappa shape index (κ1) is 15.0. The monoisotopic (exact) mass is 383 g/mol. The van der Waals surface area contributed by atoms with Gasteiger partial charge in [0.05, 0.1) is 9.30 Å². The Kier molecular flexibility index (Phi) is 4.00. The summed E-state index contributed by atoms with van der Waals surface area (Å²) in [7, 11) is 0. The number of nitrogens with zero attached hydrogens (tertiary/aromatic N) is 1. The number of aromatic nitrogens is 1. The highest BCUT2D eigenvalue weighted by Crippen LogP contribution is 2.39. The van der Waals surface area contributed by atoms with Crippen LogP contribution in [0.15, 0.2) is 58.4 Å². The highest BCUT2D eigenvalue weighted by molar-refractivity contribution is 9.11. The van der Waals surface area contributed by atoms with Gasteiger partial charge in [0.15, 0.2) is 0 Å². The Balaban J connectivity index is 2.08. The molecule has 2 aromatic heterocycles. The molecule has 0 aliphatic carbocycles. The summed E-state index contributed by atoms with van der Waals surface area (Å²) < 4.78 is 3.69. The molecule has 0 amide bonds. The lowest BCUT2D eigenvalue weighted by Gasteiger charge is -2.09. The summed E-state index contributed by atoms with van der Waals surface area (Å²) in [6.07, 6.45) is 2.41. The standard InChI is InChI=1S/C20H18BrNS/c1-2-3-13-22-17-10-5-4-7-14(17)15-8-6-9-16(20(15)22)18-11-12-19(21)23-18/h4-12H,2-3,13H2,1H3. The molecule has 23 heavy (non-hydrogen) atoms. The Morgan fingerprint density at radius 3 is 2.57 bits per heavy atom. The smallest absolute Gasteiger partial charge is 0.0705 e. The fourth-order valence-electron chi connectivity index (χ4n) is 3.32. The number of thiophene rings is 1. The van der Waals surface area contributed by atoms with E-state index in [1.807, 2.05) is 0 Å². The fourth-order valence-corrected chi connectivity index (χ4v) is 4.73. The zero-order valence-electron chi connectivity index (χ0n) is 13.1. The van der Waals surface area contributed by atoms with Gasteiger partial charge < -0.3 is 4.57 Å². The van der Waals surface area contributed by atoms with Crippen LogP contribution in [0, 0.1) is 0 Å². The second-order valence-electron chi connectivity index (χ2n) is 5.83. The Bertz CT molecular complexity index is 980. The van der Waals surface area contributed by atoms with Crippen LogP contribution in [0.1, 0.15) is 19.8 Å². The molecule has 2 aromatic carbocycles. The van der Waals surface area contributed by atoms with Gasteiger partial charge in [0.25, 0.3) is 0 Å². The number of fused-ring (bicyclic) bond motifs is 3. The van der Waals surface area contributed by atoms with Crippen molar-refractivity contribution in [1.82, 2.24) is 4.57 Å². The summed E-state index contributed by atoms with van der Waals surface area (Å²) >= 11 is 5.40. The molecule has 0 saturated carbocycles. The van der Waals surface area contributed by atoms with E-state index in [9.17, 15) is 0 Å². The maximum Gasteiger partial charge on any atom is 0.0705 e. The number of rotatable bonds is 4. The molecule has 4 rings (SSSR count). The van der Waals surface area contributed by atoms with Crippen molar-refractivity contribution in [2.24, 2.45) is 0 Å². The van der Waals surface area contributed by atoms with Crippen molar-refractivity contribution in [3.63, 3.8) is 0 Å². The van der Waals surface area contributed by atoms with Gasteiger partial charge in [-0.15, -0.1) is 11.3 Å². The number of benzene rings is 2. The van der Waals surface area contributed by atoms with Crippen molar-refractivity contribution in [1.29, 1.82) is 0 Å². The van der Waals surface area contributed by atoms with Gasteiger partial charge in [-0.05, 0) is 40.5 Å². The third-order valence-electron chi connectivity index (χ3n) is 4.36. The molecular weight excluding hydrogens is 366 g/mol. The normalized spacial score (nSPS) is 11.6. The number of hydrogen-bond acceptors (Lipinski definition) is 1. The van der Waals surface area contributed by atoms with Crippen molar-refractivity contribution in [2.45, 2.75) is 26.3 Å². The molecule has 0 radical (unpaired) electrons. The van der Waals surface area contributed by atoms with Crippen LogP contribution in [0.4, 0.5) is 0 Å². The minimum absolute atomic E-state index is 1.07. The van der Waals surface area contributed by atoms with Crippen LogP contribution in [0.5, 0.6) is 0 Å². The van der Waals surface area contributed by atoms with E-state index in [4.69, 9.17) is 0 Å². The molecule has 0 saturated heterocycles. The molecule has 0 fully saturated rings. The lowest BCUT2D eigenvalue weighted by molar-refractivity contribution is 0.665. The highest BCUT2D eigenvalue weighted by Gasteiger charge is 2.15. The minimum Gasteiger partial charge on any atom is -0.340 e. The number of aryl methyl sites for hydroxylation is 1. The predicted molar refractivity (Wildman–Crippen MR) is 105 cm³/mol. The van der Waals surface area contributed by atoms with E-state index in [2.05, 4.69) is 82.0 Å². The van der Waals surface area contributed by atoms with Crippen molar-refractivity contribution in [3.8, 4) is 10.4 Å². The van der Waals surface area contributed by atoms with Gasteiger partial charge in [0.1, 0.15) is 0 Å². The van der Waals surface area contributed by atoms with Crippen LogP contribution in [0.3, 0.4) is 0 Å². The molecule has 0 aliphatic rings. The van der Waals surface area contributed by atoms with Crippen LogP contribution in [-0.4, -0.2) is 4.57 Å². The van der Waals surface area contributed by atoms with E-state index >= 15 is 0 Å². The van der Waals surface area contributed by atoms with Gasteiger partial charge in [-0.2, -0.15) is 0 Å². The molecule has 0 spiro atoms. The van der Waals surface area contributed by atoms with Crippen molar-refractivity contribution in [3.05, 3.63) is 58.4 Å². The Labute approximate surface area is 148 Å². The van der Waals surface area contributed by atoms with E-state index in [0.717, 1.165) is 6.54 Å². The Morgan fingerprint density at radius 2 is 1.78 bits per heavy atom. The van der Waals surface area contributed by atoms with E-state index in [0.29, 0.717) is 0 Å². The van der Waals surface area contributed by atoms with Crippen LogP contribution in [0.25, 0.3) is 32.2 Å². The lowest BCUT2D eigenvalue weighted by Crippen LogP contribution is -1.98. The summed E-state index contributed by atoms with van der Waals surface area (Å²) in [5, 5.41) is 2.72. The van der Waals surface area contributed by atoms with E-state index < -0.39 is 0 Å². The first-order valence-corrected chi connectivity index (χ1v) is 9.66. The summed E-state index contributed by atoms with van der Waals surface area (Å²) in [6, 6.07) is 19.8. The SMILES string of the molecule is CCCCn1c2ccccc2c2cccc(-c3ccc(Br)s3)c21. The van der Waals surface area contributed by atoms with Crippen LogP contribution in [-0.2, 0) is 6.54 Å². The zero-order valence-corrected chi connectivity index (χ0v) is 15.5. The van der Waals surface area contributed by atoms with Crippen LogP contribution < -0.4 is 0 Å². The van der Waals surface area contributed by atoms with E-state index in [1.54, 1.807) is 11.3 Å². The second kappa shape index (κ2) is 6.14. The van der Waals surface area contributed by atoms with Crippen molar-refractivity contribution in [2.75, 3.05) is 0 Å². The Hall–Kier alpha value is -1.58. The van der Waals surface area contributed by atoms with Gasteiger partial charge in [-0.1, -0.05) is 49.7 Å². The highest BCUT2D eigenvalue weighted by atomic mass is 79.9. The molecule has 2 heterocycles. The number of para-hydroxylation sites is 2. The first-order valence-electron chi connectivity index (χ1n) is 8.05. The molecule has 4 aromatic rings. The van der Waals surface area contributed by atoms with Crippen molar-refractivity contribution < 1.29 is 0 Å². The molecule has 0 bridgehead atoms.